The quantitative estimate of drug-likeness (QED) is 0.830. The number of aromatic nitrogens is 2. The number of nitrogens with one attached hydrogen (secondary N) is 1. The lowest BCUT2D eigenvalue weighted by Gasteiger charge is -2.37. The Kier molecular flexibility index (Phi) is 5.00. The first-order valence-corrected chi connectivity index (χ1v) is 8.42. The molecule has 0 bridgehead atoms. The van der Waals surface area contributed by atoms with Gasteiger partial charge in [0.25, 0.3) is 0 Å². The maximum atomic E-state index is 5.09. The van der Waals surface area contributed by atoms with Crippen molar-refractivity contribution in [1.29, 1.82) is 0 Å². The lowest BCUT2D eigenvalue weighted by atomic mass is 10.0. The number of anilines is 1. The number of rotatable bonds is 6. The fraction of sp³-hybridized carbons (Fsp3) is 0.600. The van der Waals surface area contributed by atoms with Crippen LogP contribution < -0.4 is 10.2 Å². The predicted octanol–water partition coefficient (Wildman–Crippen LogP) is 2.29. The van der Waals surface area contributed by atoms with E-state index < -0.39 is 0 Å². The summed E-state index contributed by atoms with van der Waals surface area (Å²) in [7, 11) is 1.74. The molecular weight excluding hydrogens is 284 g/mol. The molecule has 5 nitrogen and oxygen atoms in total. The topological polar surface area (TPSA) is 50.3 Å². The molecule has 1 N–H and O–H groups in total. The average Bonchev–Trinajstić information content (AvgIpc) is 3.00. The van der Waals surface area contributed by atoms with Crippen LogP contribution in [0.2, 0.25) is 0 Å². The molecular formula is C15H22N4OS. The fourth-order valence-corrected chi connectivity index (χ4v) is 3.67. The molecule has 0 radical (unpaired) electrons. The van der Waals surface area contributed by atoms with E-state index in [2.05, 4.69) is 31.6 Å². The molecule has 1 fully saturated rings. The Morgan fingerprint density at radius 2 is 2.38 bits per heavy atom. The van der Waals surface area contributed by atoms with Crippen molar-refractivity contribution in [3.8, 4) is 0 Å². The van der Waals surface area contributed by atoms with E-state index in [4.69, 9.17) is 4.74 Å². The van der Waals surface area contributed by atoms with Gasteiger partial charge in [0.15, 0.2) is 0 Å². The van der Waals surface area contributed by atoms with Crippen LogP contribution in [-0.2, 0) is 4.74 Å². The first-order valence-electron chi connectivity index (χ1n) is 7.54. The Hall–Kier alpha value is -1.24. The molecule has 0 saturated carbocycles. The highest BCUT2D eigenvalue weighted by atomic mass is 32.1. The van der Waals surface area contributed by atoms with Gasteiger partial charge in [0, 0.05) is 32.8 Å². The maximum absolute atomic E-state index is 5.09. The molecule has 3 rings (SSSR count). The summed E-state index contributed by atoms with van der Waals surface area (Å²) in [5.41, 5.74) is 0. The number of piperidine rings is 1. The van der Waals surface area contributed by atoms with Crippen molar-refractivity contribution in [2.24, 2.45) is 0 Å². The minimum Gasteiger partial charge on any atom is -0.383 e. The summed E-state index contributed by atoms with van der Waals surface area (Å²) in [5, 5.41) is 6.77. The summed E-state index contributed by atoms with van der Waals surface area (Å²) in [6.45, 7) is 3.73. The van der Waals surface area contributed by atoms with Crippen LogP contribution in [0.25, 0.3) is 10.2 Å². The first-order chi connectivity index (χ1) is 10.4. The molecule has 3 heterocycles. The van der Waals surface area contributed by atoms with E-state index in [1.54, 1.807) is 24.8 Å². The second kappa shape index (κ2) is 7.15. The van der Waals surface area contributed by atoms with Crippen LogP contribution in [0.3, 0.4) is 0 Å². The van der Waals surface area contributed by atoms with E-state index in [1.165, 1.54) is 24.6 Å². The van der Waals surface area contributed by atoms with Gasteiger partial charge >= 0.3 is 0 Å². The summed E-state index contributed by atoms with van der Waals surface area (Å²) in [5.74, 6) is 1.10. The van der Waals surface area contributed by atoms with Crippen LogP contribution in [0.1, 0.15) is 19.3 Å². The predicted molar refractivity (Wildman–Crippen MR) is 87.1 cm³/mol. The van der Waals surface area contributed by atoms with Gasteiger partial charge in [-0.2, -0.15) is 0 Å². The van der Waals surface area contributed by atoms with E-state index in [0.29, 0.717) is 6.04 Å². The van der Waals surface area contributed by atoms with E-state index in [9.17, 15) is 0 Å². The summed E-state index contributed by atoms with van der Waals surface area (Å²) >= 11 is 1.68. The van der Waals surface area contributed by atoms with Crippen LogP contribution in [0, 0.1) is 0 Å². The van der Waals surface area contributed by atoms with Gasteiger partial charge in [-0.15, -0.1) is 11.3 Å². The largest absolute Gasteiger partial charge is 0.383 e. The number of hydrogen-bond donors (Lipinski definition) is 1. The monoisotopic (exact) mass is 306 g/mol. The molecule has 0 amide bonds. The third-order valence-electron chi connectivity index (χ3n) is 4.00. The van der Waals surface area contributed by atoms with Crippen molar-refractivity contribution in [3.05, 3.63) is 17.8 Å². The maximum Gasteiger partial charge on any atom is 0.141 e. The molecule has 0 aromatic carbocycles. The van der Waals surface area contributed by atoms with Gasteiger partial charge in [0.05, 0.1) is 12.0 Å². The molecule has 6 heteroatoms. The number of methoxy groups -OCH3 is 1. The number of hydrogen-bond acceptors (Lipinski definition) is 6. The second-order valence-electron chi connectivity index (χ2n) is 5.38. The van der Waals surface area contributed by atoms with Crippen molar-refractivity contribution in [2.75, 3.05) is 38.3 Å². The van der Waals surface area contributed by atoms with Crippen LogP contribution in [0.5, 0.6) is 0 Å². The van der Waals surface area contributed by atoms with Gasteiger partial charge in [-0.25, -0.2) is 9.97 Å². The summed E-state index contributed by atoms with van der Waals surface area (Å²) in [6, 6.07) is 2.65. The van der Waals surface area contributed by atoms with E-state index >= 15 is 0 Å². The first kappa shape index (κ1) is 14.7. The lowest BCUT2D eigenvalue weighted by Crippen LogP contribution is -2.46. The van der Waals surface area contributed by atoms with Gasteiger partial charge in [0.2, 0.25) is 0 Å². The Morgan fingerprint density at radius 1 is 1.43 bits per heavy atom. The third-order valence-corrected chi connectivity index (χ3v) is 4.82. The van der Waals surface area contributed by atoms with Gasteiger partial charge in [-0.05, 0) is 30.7 Å². The summed E-state index contributed by atoms with van der Waals surface area (Å²) in [6.07, 6.45) is 5.45. The van der Waals surface area contributed by atoms with Crippen molar-refractivity contribution < 1.29 is 4.74 Å². The lowest BCUT2D eigenvalue weighted by molar-refractivity contribution is 0.198. The molecule has 1 unspecified atom stereocenters. The molecule has 1 aliphatic heterocycles. The highest BCUT2D eigenvalue weighted by Crippen LogP contribution is 2.30. The van der Waals surface area contributed by atoms with Crippen LogP contribution in [-0.4, -0.2) is 49.4 Å². The molecule has 0 spiro atoms. The molecule has 0 aliphatic carbocycles. The summed E-state index contributed by atoms with van der Waals surface area (Å²) in [4.78, 5) is 12.5. The van der Waals surface area contributed by atoms with Gasteiger partial charge in [-0.3, -0.25) is 0 Å². The normalized spacial score (nSPS) is 19.3. The highest BCUT2D eigenvalue weighted by molar-refractivity contribution is 7.16. The van der Waals surface area contributed by atoms with Crippen LogP contribution in [0.15, 0.2) is 17.8 Å². The van der Waals surface area contributed by atoms with Gasteiger partial charge < -0.3 is 15.0 Å². The second-order valence-corrected chi connectivity index (χ2v) is 6.27. The third kappa shape index (κ3) is 3.33. The molecule has 1 atom stereocenters. The van der Waals surface area contributed by atoms with Crippen LogP contribution in [0.4, 0.5) is 5.82 Å². The minimum atomic E-state index is 0.508. The Balaban J connectivity index is 1.75. The number of thiophene rings is 1. The standard InChI is InChI=1S/C15H22N4OS/c1-20-8-6-16-10-12-4-2-3-7-19(12)14-13-5-9-21-15(13)18-11-17-14/h5,9,11-12,16H,2-4,6-8,10H2,1H3. The Morgan fingerprint density at radius 3 is 3.29 bits per heavy atom. The molecule has 114 valence electrons. The number of fused-ring (bicyclic) bond motifs is 1. The zero-order chi connectivity index (χ0) is 14.5. The zero-order valence-electron chi connectivity index (χ0n) is 12.4. The number of ether oxygens (including phenoxy) is 1. The molecule has 2 aromatic heterocycles. The van der Waals surface area contributed by atoms with Gasteiger partial charge in [0.1, 0.15) is 17.0 Å². The zero-order valence-corrected chi connectivity index (χ0v) is 13.2. The summed E-state index contributed by atoms with van der Waals surface area (Å²) < 4.78 is 5.09. The van der Waals surface area contributed by atoms with Crippen molar-refractivity contribution >= 4 is 27.4 Å². The van der Waals surface area contributed by atoms with Crippen LogP contribution >= 0.6 is 11.3 Å². The van der Waals surface area contributed by atoms with Gasteiger partial charge in [-0.1, -0.05) is 0 Å². The highest BCUT2D eigenvalue weighted by Gasteiger charge is 2.24. The van der Waals surface area contributed by atoms with Crippen molar-refractivity contribution in [3.63, 3.8) is 0 Å². The smallest absolute Gasteiger partial charge is 0.141 e. The minimum absolute atomic E-state index is 0.508. The molecule has 2 aromatic rings. The van der Waals surface area contributed by atoms with E-state index in [1.807, 2.05) is 0 Å². The molecule has 1 saturated heterocycles. The van der Waals surface area contributed by atoms with E-state index in [-0.39, 0.29) is 0 Å². The van der Waals surface area contributed by atoms with Crippen molar-refractivity contribution in [2.45, 2.75) is 25.3 Å². The Bertz CT molecular complexity index is 574. The molecule has 1 aliphatic rings. The SMILES string of the molecule is COCCNCC1CCCCN1c1ncnc2sccc12. The van der Waals surface area contributed by atoms with Crippen molar-refractivity contribution in [1.82, 2.24) is 15.3 Å². The Labute approximate surface area is 129 Å². The fourth-order valence-electron chi connectivity index (χ4n) is 2.94. The van der Waals surface area contributed by atoms with E-state index in [0.717, 1.165) is 36.9 Å². The molecule has 21 heavy (non-hydrogen) atoms. The average molecular weight is 306 g/mol. The number of nitrogens with zero attached hydrogens (tertiary/aromatic N) is 3.